The van der Waals surface area contributed by atoms with Crippen LogP contribution < -0.4 is 0 Å². The largest absolute Gasteiger partial charge is 0.243 e. The van der Waals surface area contributed by atoms with E-state index >= 15 is 0 Å². The summed E-state index contributed by atoms with van der Waals surface area (Å²) >= 11 is 0. The zero-order valence-electron chi connectivity index (χ0n) is 12.8. The lowest BCUT2D eigenvalue weighted by Crippen LogP contribution is -2.29. The molecule has 1 aromatic carbocycles. The Balaban J connectivity index is 1.55. The molecule has 3 heterocycles. The van der Waals surface area contributed by atoms with Gasteiger partial charge in [0, 0.05) is 25.5 Å². The molecule has 1 fully saturated rings. The van der Waals surface area contributed by atoms with E-state index in [9.17, 15) is 8.42 Å². The van der Waals surface area contributed by atoms with Crippen LogP contribution in [-0.4, -0.2) is 50.6 Å². The van der Waals surface area contributed by atoms with Crippen LogP contribution in [0.25, 0.3) is 5.69 Å². The topological polar surface area (TPSA) is 85.9 Å². The van der Waals surface area contributed by atoms with E-state index in [1.54, 1.807) is 52.3 Å². The van der Waals surface area contributed by atoms with Gasteiger partial charge in [0.15, 0.2) is 0 Å². The lowest BCUT2D eigenvalue weighted by atomic mass is 10.3. The fourth-order valence-corrected chi connectivity index (χ4v) is 4.37. The highest BCUT2D eigenvalue weighted by molar-refractivity contribution is 7.89. The van der Waals surface area contributed by atoms with E-state index in [1.807, 2.05) is 12.3 Å². The van der Waals surface area contributed by atoms with Crippen molar-refractivity contribution in [2.24, 2.45) is 0 Å². The summed E-state index contributed by atoms with van der Waals surface area (Å²) in [5, 5.41) is 12.3. The summed E-state index contributed by atoms with van der Waals surface area (Å²) in [6.45, 7) is 0.855. The molecule has 0 bridgehead atoms. The fourth-order valence-electron chi connectivity index (χ4n) is 2.87. The quantitative estimate of drug-likeness (QED) is 0.707. The molecular formula is C15H16N6O2S. The smallest absolute Gasteiger partial charge is 0.241 e. The Morgan fingerprint density at radius 2 is 1.75 bits per heavy atom. The van der Waals surface area contributed by atoms with Crippen molar-refractivity contribution in [2.45, 2.75) is 17.4 Å². The normalized spacial score (nSPS) is 18.9. The monoisotopic (exact) mass is 344 g/mol. The molecule has 2 aromatic heterocycles. The molecule has 8 nitrogen and oxygen atoms in total. The van der Waals surface area contributed by atoms with Gasteiger partial charge in [-0.3, -0.25) is 0 Å². The summed E-state index contributed by atoms with van der Waals surface area (Å²) in [5.41, 5.74) is 0.819. The highest BCUT2D eigenvalue weighted by atomic mass is 32.2. The standard InChI is InChI=1S/C15H16N6O2S/c22-24(23,19-11-6-14(12-19)21-17-8-9-18-21)15-4-2-13(3-5-15)20-10-1-7-16-20/h1-5,7-10,14H,6,11-12H2. The van der Waals surface area contributed by atoms with E-state index in [0.29, 0.717) is 19.5 Å². The summed E-state index contributed by atoms with van der Waals surface area (Å²) in [7, 11) is -3.51. The minimum Gasteiger partial charge on any atom is -0.241 e. The van der Waals surface area contributed by atoms with E-state index in [-0.39, 0.29) is 10.9 Å². The van der Waals surface area contributed by atoms with Crippen LogP contribution in [0.5, 0.6) is 0 Å². The van der Waals surface area contributed by atoms with Crippen molar-refractivity contribution in [3.05, 3.63) is 55.1 Å². The van der Waals surface area contributed by atoms with E-state index in [1.165, 1.54) is 4.31 Å². The van der Waals surface area contributed by atoms with Gasteiger partial charge in [0.05, 0.1) is 29.0 Å². The van der Waals surface area contributed by atoms with E-state index in [0.717, 1.165) is 5.69 Å². The Bertz CT molecular complexity index is 904. The molecule has 1 saturated heterocycles. The molecule has 0 N–H and O–H groups in total. The SMILES string of the molecule is O=S(=O)(c1ccc(-n2cccn2)cc1)N1CCC(n2nccn2)C1. The zero-order chi connectivity index (χ0) is 16.6. The van der Waals surface area contributed by atoms with Crippen molar-refractivity contribution in [2.75, 3.05) is 13.1 Å². The van der Waals surface area contributed by atoms with Gasteiger partial charge in [-0.15, -0.1) is 0 Å². The molecule has 0 aliphatic carbocycles. The molecule has 1 aliphatic rings. The van der Waals surface area contributed by atoms with E-state index in [4.69, 9.17) is 0 Å². The Morgan fingerprint density at radius 1 is 1.00 bits per heavy atom. The van der Waals surface area contributed by atoms with Gasteiger partial charge >= 0.3 is 0 Å². The Hall–Kier alpha value is -2.52. The number of sulfonamides is 1. The molecule has 0 radical (unpaired) electrons. The number of nitrogens with zero attached hydrogens (tertiary/aromatic N) is 6. The van der Waals surface area contributed by atoms with Crippen molar-refractivity contribution >= 4 is 10.0 Å². The number of aromatic nitrogens is 5. The molecule has 3 aromatic rings. The third-order valence-electron chi connectivity index (χ3n) is 4.13. The van der Waals surface area contributed by atoms with Crippen LogP contribution in [0.2, 0.25) is 0 Å². The molecule has 0 amide bonds. The van der Waals surface area contributed by atoms with Crippen molar-refractivity contribution in [3.63, 3.8) is 0 Å². The van der Waals surface area contributed by atoms with Crippen LogP contribution in [0.1, 0.15) is 12.5 Å². The third kappa shape index (κ3) is 2.61. The van der Waals surface area contributed by atoms with Crippen molar-refractivity contribution in [1.82, 2.24) is 29.1 Å². The summed E-state index contributed by atoms with van der Waals surface area (Å²) < 4.78 is 28.8. The zero-order valence-corrected chi connectivity index (χ0v) is 13.6. The first kappa shape index (κ1) is 15.0. The summed E-state index contributed by atoms with van der Waals surface area (Å²) in [4.78, 5) is 1.86. The molecule has 1 aliphatic heterocycles. The summed E-state index contributed by atoms with van der Waals surface area (Å²) in [5.74, 6) is 0. The number of hydrogen-bond acceptors (Lipinski definition) is 5. The average Bonchev–Trinajstić information content (AvgIpc) is 3.36. The van der Waals surface area contributed by atoms with Crippen LogP contribution in [0.15, 0.2) is 60.0 Å². The van der Waals surface area contributed by atoms with Gasteiger partial charge < -0.3 is 0 Å². The van der Waals surface area contributed by atoms with Gasteiger partial charge in [0.2, 0.25) is 10.0 Å². The molecule has 9 heteroatoms. The maximum absolute atomic E-state index is 12.8. The molecule has 1 atom stereocenters. The van der Waals surface area contributed by atoms with Crippen LogP contribution >= 0.6 is 0 Å². The highest BCUT2D eigenvalue weighted by Gasteiger charge is 2.34. The summed E-state index contributed by atoms with van der Waals surface area (Å²) in [6, 6.07) is 8.54. The average molecular weight is 344 g/mol. The van der Waals surface area contributed by atoms with Crippen LogP contribution in [0.4, 0.5) is 0 Å². The molecule has 4 rings (SSSR count). The first-order chi connectivity index (χ1) is 11.6. The molecule has 0 saturated carbocycles. The maximum atomic E-state index is 12.8. The predicted octanol–water partition coefficient (Wildman–Crippen LogP) is 1.10. The van der Waals surface area contributed by atoms with E-state index in [2.05, 4.69) is 15.3 Å². The predicted molar refractivity (Wildman–Crippen MR) is 86.0 cm³/mol. The molecular weight excluding hydrogens is 328 g/mol. The lowest BCUT2D eigenvalue weighted by molar-refractivity contribution is 0.402. The lowest BCUT2D eigenvalue weighted by Gasteiger charge is -2.16. The maximum Gasteiger partial charge on any atom is 0.243 e. The molecule has 24 heavy (non-hydrogen) atoms. The Labute approximate surface area is 139 Å². The number of benzene rings is 1. The van der Waals surface area contributed by atoms with Gasteiger partial charge in [-0.25, -0.2) is 13.1 Å². The van der Waals surface area contributed by atoms with Gasteiger partial charge in [-0.05, 0) is 36.8 Å². The minimum atomic E-state index is -3.51. The molecule has 1 unspecified atom stereocenters. The van der Waals surface area contributed by atoms with Gasteiger partial charge in [0.25, 0.3) is 0 Å². The van der Waals surface area contributed by atoms with Crippen molar-refractivity contribution in [1.29, 1.82) is 0 Å². The van der Waals surface area contributed by atoms with Crippen LogP contribution in [0, 0.1) is 0 Å². The Kier molecular flexibility index (Phi) is 3.66. The highest BCUT2D eigenvalue weighted by Crippen LogP contribution is 2.26. The van der Waals surface area contributed by atoms with Crippen molar-refractivity contribution in [3.8, 4) is 5.69 Å². The molecule has 124 valence electrons. The first-order valence-electron chi connectivity index (χ1n) is 7.60. The first-order valence-corrected chi connectivity index (χ1v) is 9.05. The van der Waals surface area contributed by atoms with Gasteiger partial charge in [-0.2, -0.15) is 24.4 Å². The third-order valence-corrected chi connectivity index (χ3v) is 6.01. The second-order valence-corrected chi connectivity index (χ2v) is 7.54. The minimum absolute atomic E-state index is 0.0156. The summed E-state index contributed by atoms with van der Waals surface area (Å²) in [6.07, 6.45) is 7.40. The van der Waals surface area contributed by atoms with E-state index < -0.39 is 10.0 Å². The number of rotatable bonds is 4. The van der Waals surface area contributed by atoms with Crippen molar-refractivity contribution < 1.29 is 8.42 Å². The second kappa shape index (κ2) is 5.84. The van der Waals surface area contributed by atoms with Crippen LogP contribution in [-0.2, 0) is 10.0 Å². The number of hydrogen-bond donors (Lipinski definition) is 0. The molecule has 0 spiro atoms. The Morgan fingerprint density at radius 3 is 2.42 bits per heavy atom. The second-order valence-electron chi connectivity index (χ2n) is 5.60. The van der Waals surface area contributed by atoms with Gasteiger partial charge in [-0.1, -0.05) is 0 Å². The van der Waals surface area contributed by atoms with Gasteiger partial charge in [0.1, 0.15) is 0 Å². The van der Waals surface area contributed by atoms with Crippen LogP contribution in [0.3, 0.4) is 0 Å². The fraction of sp³-hybridized carbons (Fsp3) is 0.267.